The van der Waals surface area contributed by atoms with Crippen molar-refractivity contribution in [2.45, 2.75) is 77.9 Å². The van der Waals surface area contributed by atoms with Crippen LogP contribution in [0.4, 0.5) is 4.39 Å². The lowest BCUT2D eigenvalue weighted by Crippen LogP contribution is -2.34. The van der Waals surface area contributed by atoms with E-state index in [1.54, 1.807) is 6.07 Å². The fraction of sp³-hybridized carbons (Fsp3) is 0.739. The topological polar surface area (TPSA) is 18.5 Å². The molecule has 2 fully saturated rings. The van der Waals surface area contributed by atoms with Gasteiger partial charge >= 0.3 is 0 Å². The minimum Gasteiger partial charge on any atom is -0.348 e. The molecule has 1 saturated carbocycles. The van der Waals surface area contributed by atoms with E-state index < -0.39 is 6.29 Å². The highest BCUT2D eigenvalue weighted by Crippen LogP contribution is 2.38. The molecule has 2 aliphatic rings. The van der Waals surface area contributed by atoms with E-state index in [1.165, 1.54) is 51.4 Å². The molecule has 1 aromatic rings. The molecule has 3 heteroatoms. The Bertz CT molecular complexity index is 543. The second-order valence-corrected chi connectivity index (χ2v) is 8.24. The van der Waals surface area contributed by atoms with Crippen molar-refractivity contribution in [3.63, 3.8) is 0 Å². The highest BCUT2D eigenvalue weighted by molar-refractivity contribution is 5.25. The SMILES string of the molecule is CCCCCC1CCC(C2COC(c3ccc(CC)c(F)c3)OC2)CC1. The summed E-state index contributed by atoms with van der Waals surface area (Å²) in [5, 5.41) is 0. The summed E-state index contributed by atoms with van der Waals surface area (Å²) in [7, 11) is 0. The molecule has 0 aromatic heterocycles. The minimum absolute atomic E-state index is 0.152. The van der Waals surface area contributed by atoms with Crippen molar-refractivity contribution in [2.75, 3.05) is 13.2 Å². The molecule has 0 radical (unpaired) electrons. The Morgan fingerprint density at radius 2 is 1.69 bits per heavy atom. The first kappa shape index (κ1) is 19.8. The fourth-order valence-electron chi connectivity index (χ4n) is 4.61. The molecule has 1 aromatic carbocycles. The molecule has 0 N–H and O–H groups in total. The molecule has 0 unspecified atom stereocenters. The van der Waals surface area contributed by atoms with E-state index >= 15 is 0 Å². The maximum atomic E-state index is 14.0. The van der Waals surface area contributed by atoms with Crippen LogP contribution in [0.25, 0.3) is 0 Å². The lowest BCUT2D eigenvalue weighted by Gasteiger charge is -2.38. The number of halogens is 1. The van der Waals surface area contributed by atoms with Gasteiger partial charge in [0.05, 0.1) is 13.2 Å². The van der Waals surface area contributed by atoms with Crippen molar-refractivity contribution in [2.24, 2.45) is 17.8 Å². The van der Waals surface area contributed by atoms with Crippen molar-refractivity contribution >= 4 is 0 Å². The zero-order valence-corrected chi connectivity index (χ0v) is 16.5. The van der Waals surface area contributed by atoms with E-state index in [0.29, 0.717) is 12.3 Å². The Morgan fingerprint density at radius 1 is 0.962 bits per heavy atom. The number of rotatable bonds is 7. The average molecular weight is 363 g/mol. The third-order valence-electron chi connectivity index (χ3n) is 6.43. The van der Waals surface area contributed by atoms with Crippen LogP contribution in [0.15, 0.2) is 18.2 Å². The van der Waals surface area contributed by atoms with E-state index in [-0.39, 0.29) is 5.82 Å². The van der Waals surface area contributed by atoms with Gasteiger partial charge in [-0.05, 0) is 42.7 Å². The molecule has 0 atom stereocenters. The maximum Gasteiger partial charge on any atom is 0.183 e. The number of hydrogen-bond donors (Lipinski definition) is 0. The zero-order chi connectivity index (χ0) is 18.4. The normalized spacial score (nSPS) is 29.7. The summed E-state index contributed by atoms with van der Waals surface area (Å²) in [5.74, 6) is 2.02. The summed E-state index contributed by atoms with van der Waals surface area (Å²) in [6.45, 7) is 5.73. The van der Waals surface area contributed by atoms with Crippen LogP contribution in [0.3, 0.4) is 0 Å². The van der Waals surface area contributed by atoms with E-state index in [1.807, 2.05) is 19.1 Å². The van der Waals surface area contributed by atoms with Gasteiger partial charge in [0.2, 0.25) is 0 Å². The Hall–Kier alpha value is -0.930. The molecule has 3 rings (SSSR count). The minimum atomic E-state index is -0.406. The molecular formula is C23H35FO2. The van der Waals surface area contributed by atoms with Crippen LogP contribution < -0.4 is 0 Å². The van der Waals surface area contributed by atoms with Gasteiger partial charge in [-0.25, -0.2) is 4.39 Å². The summed E-state index contributed by atoms with van der Waals surface area (Å²) in [5.41, 5.74) is 1.55. The summed E-state index contributed by atoms with van der Waals surface area (Å²) in [6, 6.07) is 5.36. The van der Waals surface area contributed by atoms with Gasteiger partial charge < -0.3 is 9.47 Å². The average Bonchev–Trinajstić information content (AvgIpc) is 2.69. The van der Waals surface area contributed by atoms with E-state index in [4.69, 9.17) is 9.47 Å². The number of ether oxygens (including phenoxy) is 2. The Kier molecular flexibility index (Phi) is 7.51. The molecule has 1 aliphatic heterocycles. The standard InChI is InChI=1S/C23H35FO2/c1-3-5-6-7-17-8-10-19(11-9-17)21-15-25-23(26-16-21)20-13-12-18(4-2)22(24)14-20/h12-14,17,19,21,23H,3-11,15-16H2,1-2H3. The maximum absolute atomic E-state index is 14.0. The van der Waals surface area contributed by atoms with Crippen molar-refractivity contribution in [3.05, 3.63) is 35.1 Å². The van der Waals surface area contributed by atoms with Crippen molar-refractivity contribution in [1.82, 2.24) is 0 Å². The summed E-state index contributed by atoms with van der Waals surface area (Å²) in [6.07, 6.45) is 11.2. The highest BCUT2D eigenvalue weighted by atomic mass is 19.1. The highest BCUT2D eigenvalue weighted by Gasteiger charge is 2.32. The van der Waals surface area contributed by atoms with Crippen molar-refractivity contribution < 1.29 is 13.9 Å². The first-order valence-corrected chi connectivity index (χ1v) is 10.7. The molecule has 146 valence electrons. The molecule has 2 nitrogen and oxygen atoms in total. The smallest absolute Gasteiger partial charge is 0.183 e. The van der Waals surface area contributed by atoms with Gasteiger partial charge in [0, 0.05) is 11.5 Å². The van der Waals surface area contributed by atoms with Crippen LogP contribution in [0.1, 0.15) is 82.6 Å². The van der Waals surface area contributed by atoms with Gasteiger partial charge in [0.25, 0.3) is 0 Å². The first-order chi connectivity index (χ1) is 12.7. The predicted octanol–water partition coefficient (Wildman–Crippen LogP) is 6.44. The van der Waals surface area contributed by atoms with Crippen LogP contribution in [0.2, 0.25) is 0 Å². The molecular weight excluding hydrogens is 327 g/mol. The van der Waals surface area contributed by atoms with Crippen molar-refractivity contribution in [1.29, 1.82) is 0 Å². The molecule has 0 spiro atoms. The van der Waals surface area contributed by atoms with Crippen LogP contribution in [-0.2, 0) is 15.9 Å². The van der Waals surface area contributed by atoms with Crippen molar-refractivity contribution in [3.8, 4) is 0 Å². The van der Waals surface area contributed by atoms with Crippen LogP contribution in [0, 0.1) is 23.6 Å². The van der Waals surface area contributed by atoms with Gasteiger partial charge in [-0.3, -0.25) is 0 Å². The van der Waals surface area contributed by atoms with Gasteiger partial charge in [-0.1, -0.05) is 64.5 Å². The fourth-order valence-corrected chi connectivity index (χ4v) is 4.61. The Balaban J connectivity index is 1.43. The molecule has 1 saturated heterocycles. The lowest BCUT2D eigenvalue weighted by atomic mass is 9.74. The van der Waals surface area contributed by atoms with Crippen LogP contribution in [-0.4, -0.2) is 13.2 Å². The second-order valence-electron chi connectivity index (χ2n) is 8.24. The second kappa shape index (κ2) is 9.85. The number of hydrogen-bond acceptors (Lipinski definition) is 2. The third kappa shape index (κ3) is 5.07. The van der Waals surface area contributed by atoms with E-state index in [9.17, 15) is 4.39 Å². The quantitative estimate of drug-likeness (QED) is 0.520. The molecule has 26 heavy (non-hydrogen) atoms. The monoisotopic (exact) mass is 362 g/mol. The Labute approximate surface area is 158 Å². The number of unbranched alkanes of at least 4 members (excludes halogenated alkanes) is 2. The number of benzene rings is 1. The van der Waals surface area contributed by atoms with Gasteiger partial charge in [-0.15, -0.1) is 0 Å². The summed E-state index contributed by atoms with van der Waals surface area (Å²) < 4.78 is 26.0. The first-order valence-electron chi connectivity index (χ1n) is 10.7. The van der Waals surface area contributed by atoms with Crippen LogP contribution in [0.5, 0.6) is 0 Å². The number of aryl methyl sites for hydroxylation is 1. The summed E-state index contributed by atoms with van der Waals surface area (Å²) >= 11 is 0. The van der Waals surface area contributed by atoms with Gasteiger partial charge in [0.1, 0.15) is 5.82 Å². The molecule has 1 aliphatic carbocycles. The molecule has 1 heterocycles. The molecule has 0 amide bonds. The summed E-state index contributed by atoms with van der Waals surface area (Å²) in [4.78, 5) is 0. The third-order valence-corrected chi connectivity index (χ3v) is 6.43. The van der Waals surface area contributed by atoms with Gasteiger partial charge in [0.15, 0.2) is 6.29 Å². The lowest BCUT2D eigenvalue weighted by molar-refractivity contribution is -0.214. The largest absolute Gasteiger partial charge is 0.348 e. The zero-order valence-electron chi connectivity index (χ0n) is 16.5. The predicted molar refractivity (Wildman–Crippen MR) is 104 cm³/mol. The molecule has 0 bridgehead atoms. The van der Waals surface area contributed by atoms with E-state index in [2.05, 4.69) is 6.92 Å². The Morgan fingerprint density at radius 3 is 2.31 bits per heavy atom. The van der Waals surface area contributed by atoms with Crippen LogP contribution >= 0.6 is 0 Å². The van der Waals surface area contributed by atoms with Gasteiger partial charge in [-0.2, -0.15) is 0 Å². The van der Waals surface area contributed by atoms with E-state index in [0.717, 1.165) is 36.2 Å².